The molecule has 0 aliphatic carbocycles. The van der Waals surface area contributed by atoms with Gasteiger partial charge in [0.25, 0.3) is 0 Å². The average molecular weight is 285 g/mol. The highest BCUT2D eigenvalue weighted by molar-refractivity contribution is 6.35. The Bertz CT molecular complexity index is 551. The Morgan fingerprint density at radius 3 is 2.78 bits per heavy atom. The molecule has 0 fully saturated rings. The van der Waals surface area contributed by atoms with Crippen LogP contribution in [0.1, 0.15) is 18.3 Å². The molecule has 1 heterocycles. The highest BCUT2D eigenvalue weighted by atomic mass is 35.5. The second-order valence-corrected chi connectivity index (χ2v) is 4.74. The zero-order chi connectivity index (χ0) is 13.1. The molecule has 6 heteroatoms. The van der Waals surface area contributed by atoms with Crippen LogP contribution < -0.4 is 5.32 Å². The highest BCUT2D eigenvalue weighted by Crippen LogP contribution is 2.28. The van der Waals surface area contributed by atoms with Crippen molar-refractivity contribution >= 4 is 28.9 Å². The van der Waals surface area contributed by atoms with Gasteiger partial charge in [-0.3, -0.25) is 0 Å². The third-order valence-electron chi connectivity index (χ3n) is 2.68. The number of anilines is 1. The molecular formula is C12H14Cl2N4. The largest absolute Gasteiger partial charge is 0.377 e. The van der Waals surface area contributed by atoms with Crippen LogP contribution in [0, 0.1) is 6.92 Å². The Morgan fingerprint density at radius 1 is 1.28 bits per heavy atom. The Morgan fingerprint density at radius 2 is 2.06 bits per heavy atom. The SMILES string of the molecule is CCn1ncnc1CNc1cc(Cl)c(C)cc1Cl. The summed E-state index contributed by atoms with van der Waals surface area (Å²) in [6.45, 7) is 5.30. The van der Waals surface area contributed by atoms with Crippen LogP contribution in [0.5, 0.6) is 0 Å². The minimum Gasteiger partial charge on any atom is -0.377 e. The number of nitrogens with zero attached hydrogens (tertiary/aromatic N) is 3. The van der Waals surface area contributed by atoms with Gasteiger partial charge in [-0.15, -0.1) is 0 Å². The van der Waals surface area contributed by atoms with Crippen LogP contribution in [-0.2, 0) is 13.1 Å². The second-order valence-electron chi connectivity index (χ2n) is 3.93. The molecular weight excluding hydrogens is 271 g/mol. The van der Waals surface area contributed by atoms with Gasteiger partial charge in [0.2, 0.25) is 0 Å². The molecule has 0 radical (unpaired) electrons. The minimum absolute atomic E-state index is 0.562. The number of hydrogen-bond donors (Lipinski definition) is 1. The third kappa shape index (κ3) is 2.76. The first kappa shape index (κ1) is 13.2. The molecule has 4 nitrogen and oxygen atoms in total. The number of nitrogens with one attached hydrogen (secondary N) is 1. The van der Waals surface area contributed by atoms with Gasteiger partial charge in [-0.1, -0.05) is 23.2 Å². The van der Waals surface area contributed by atoms with E-state index in [1.54, 1.807) is 6.33 Å². The molecule has 2 rings (SSSR count). The van der Waals surface area contributed by atoms with E-state index in [1.165, 1.54) is 0 Å². The molecule has 0 atom stereocenters. The zero-order valence-electron chi connectivity index (χ0n) is 10.2. The van der Waals surface area contributed by atoms with Gasteiger partial charge in [-0.25, -0.2) is 9.67 Å². The molecule has 1 aromatic carbocycles. The van der Waals surface area contributed by atoms with E-state index in [2.05, 4.69) is 15.4 Å². The Kier molecular flexibility index (Phi) is 4.09. The van der Waals surface area contributed by atoms with E-state index < -0.39 is 0 Å². The van der Waals surface area contributed by atoms with Crippen molar-refractivity contribution < 1.29 is 0 Å². The molecule has 0 saturated heterocycles. The molecule has 0 spiro atoms. The van der Waals surface area contributed by atoms with Crippen molar-refractivity contribution in [3.05, 3.63) is 39.9 Å². The van der Waals surface area contributed by atoms with Crippen molar-refractivity contribution in [3.63, 3.8) is 0 Å². The number of aromatic nitrogens is 3. The van der Waals surface area contributed by atoms with Gasteiger partial charge >= 0.3 is 0 Å². The smallest absolute Gasteiger partial charge is 0.146 e. The summed E-state index contributed by atoms with van der Waals surface area (Å²) in [5.74, 6) is 0.866. The Labute approximate surface area is 116 Å². The minimum atomic E-state index is 0.562. The van der Waals surface area contributed by atoms with E-state index in [0.29, 0.717) is 16.6 Å². The van der Waals surface area contributed by atoms with E-state index in [0.717, 1.165) is 23.6 Å². The van der Waals surface area contributed by atoms with E-state index in [1.807, 2.05) is 30.7 Å². The first-order chi connectivity index (χ1) is 8.61. The number of halogens is 2. The predicted molar refractivity (Wildman–Crippen MR) is 74.2 cm³/mol. The predicted octanol–water partition coefficient (Wildman–Crippen LogP) is 3.53. The van der Waals surface area contributed by atoms with Gasteiger partial charge in [0.05, 0.1) is 17.3 Å². The first-order valence-corrected chi connectivity index (χ1v) is 6.43. The fraction of sp³-hybridized carbons (Fsp3) is 0.333. The molecule has 96 valence electrons. The maximum Gasteiger partial charge on any atom is 0.146 e. The lowest BCUT2D eigenvalue weighted by Gasteiger charge is -2.10. The van der Waals surface area contributed by atoms with Crippen molar-refractivity contribution in [1.82, 2.24) is 14.8 Å². The standard InChI is InChI=1S/C12H14Cl2N4/c1-3-18-12(16-7-17-18)6-15-11-5-9(13)8(2)4-10(11)14/h4-5,7,15H,3,6H2,1-2H3. The molecule has 0 aliphatic heterocycles. The number of aryl methyl sites for hydroxylation is 2. The summed E-state index contributed by atoms with van der Waals surface area (Å²) >= 11 is 12.2. The lowest BCUT2D eigenvalue weighted by atomic mass is 10.2. The third-order valence-corrected chi connectivity index (χ3v) is 3.40. The van der Waals surface area contributed by atoms with E-state index >= 15 is 0 Å². The summed E-state index contributed by atoms with van der Waals surface area (Å²) in [6, 6.07) is 3.67. The summed E-state index contributed by atoms with van der Waals surface area (Å²) < 4.78 is 1.83. The lowest BCUT2D eigenvalue weighted by Crippen LogP contribution is -2.09. The summed E-state index contributed by atoms with van der Waals surface area (Å²) in [5, 5.41) is 8.67. The van der Waals surface area contributed by atoms with Crippen molar-refractivity contribution in [2.45, 2.75) is 26.9 Å². The second kappa shape index (κ2) is 5.59. The summed E-state index contributed by atoms with van der Waals surface area (Å²) in [6.07, 6.45) is 1.55. The number of benzene rings is 1. The van der Waals surface area contributed by atoms with Crippen molar-refractivity contribution in [3.8, 4) is 0 Å². The van der Waals surface area contributed by atoms with Gasteiger partial charge in [0.15, 0.2) is 0 Å². The average Bonchev–Trinajstić information content (AvgIpc) is 2.79. The molecule has 0 unspecified atom stereocenters. The van der Waals surface area contributed by atoms with E-state index in [-0.39, 0.29) is 0 Å². The maximum atomic E-state index is 6.15. The molecule has 2 aromatic rings. The van der Waals surface area contributed by atoms with Crippen LogP contribution in [0.4, 0.5) is 5.69 Å². The number of rotatable bonds is 4. The summed E-state index contributed by atoms with van der Waals surface area (Å²) in [7, 11) is 0. The fourth-order valence-electron chi connectivity index (χ4n) is 1.65. The fourth-order valence-corrected chi connectivity index (χ4v) is 2.09. The van der Waals surface area contributed by atoms with Crippen LogP contribution in [0.15, 0.2) is 18.5 Å². The summed E-state index contributed by atoms with van der Waals surface area (Å²) in [4.78, 5) is 4.19. The molecule has 0 aliphatic rings. The summed E-state index contributed by atoms with van der Waals surface area (Å²) in [5.41, 5.74) is 1.77. The normalized spacial score (nSPS) is 10.7. The quantitative estimate of drug-likeness (QED) is 0.934. The molecule has 1 N–H and O–H groups in total. The lowest BCUT2D eigenvalue weighted by molar-refractivity contribution is 0.622. The van der Waals surface area contributed by atoms with Gasteiger partial charge in [-0.05, 0) is 31.5 Å². The van der Waals surface area contributed by atoms with Gasteiger partial charge in [0, 0.05) is 11.6 Å². The van der Waals surface area contributed by atoms with Gasteiger partial charge in [0.1, 0.15) is 12.2 Å². The van der Waals surface area contributed by atoms with Crippen LogP contribution >= 0.6 is 23.2 Å². The van der Waals surface area contributed by atoms with Crippen molar-refractivity contribution in [1.29, 1.82) is 0 Å². The first-order valence-electron chi connectivity index (χ1n) is 5.68. The van der Waals surface area contributed by atoms with Crippen LogP contribution in [0.25, 0.3) is 0 Å². The van der Waals surface area contributed by atoms with Crippen LogP contribution in [0.3, 0.4) is 0 Å². The highest BCUT2D eigenvalue weighted by Gasteiger charge is 2.07. The zero-order valence-corrected chi connectivity index (χ0v) is 11.8. The van der Waals surface area contributed by atoms with E-state index in [9.17, 15) is 0 Å². The van der Waals surface area contributed by atoms with Crippen LogP contribution in [0.2, 0.25) is 10.0 Å². The number of hydrogen-bond acceptors (Lipinski definition) is 3. The topological polar surface area (TPSA) is 42.7 Å². The molecule has 0 saturated carbocycles. The Balaban J connectivity index is 2.13. The molecule has 1 aromatic heterocycles. The Hall–Kier alpha value is -1.26. The monoisotopic (exact) mass is 284 g/mol. The molecule has 0 amide bonds. The van der Waals surface area contributed by atoms with Gasteiger partial charge < -0.3 is 5.32 Å². The molecule has 18 heavy (non-hydrogen) atoms. The van der Waals surface area contributed by atoms with Crippen LogP contribution in [-0.4, -0.2) is 14.8 Å². The maximum absolute atomic E-state index is 6.15. The van der Waals surface area contributed by atoms with Crippen molar-refractivity contribution in [2.75, 3.05) is 5.32 Å². The van der Waals surface area contributed by atoms with E-state index in [4.69, 9.17) is 23.2 Å². The van der Waals surface area contributed by atoms with Crippen molar-refractivity contribution in [2.24, 2.45) is 0 Å². The molecule has 0 bridgehead atoms. The van der Waals surface area contributed by atoms with Gasteiger partial charge in [-0.2, -0.15) is 5.10 Å².